The van der Waals surface area contributed by atoms with E-state index in [0.717, 1.165) is 6.42 Å². The lowest BCUT2D eigenvalue weighted by atomic mass is 10.2. The fraction of sp³-hybridized carbons (Fsp3) is 0.643. The molecule has 116 valence electrons. The van der Waals surface area contributed by atoms with Gasteiger partial charge in [0.05, 0.1) is 24.8 Å². The van der Waals surface area contributed by atoms with E-state index < -0.39 is 0 Å². The summed E-state index contributed by atoms with van der Waals surface area (Å²) in [6, 6.07) is 1.67. The molecule has 1 aliphatic heterocycles. The Morgan fingerprint density at radius 2 is 2.29 bits per heavy atom. The number of carbonyl (C=O) groups excluding carboxylic acids is 2. The molecule has 1 saturated heterocycles. The Labute approximate surface area is 124 Å². The molecule has 0 aromatic carbocycles. The average Bonchev–Trinajstić information content (AvgIpc) is 2.93. The number of nitrogens with one attached hydrogen (secondary N) is 2. The standard InChI is InChI=1S/C14H23N5O2/c1-4-10(2)19-12(5-6-16-19)17-14(21)11(3)18-8-7-15-13(20)9-18/h5-6,10-11H,4,7-9H2,1-3H3,(H,15,20)(H,17,21). The Morgan fingerprint density at radius 3 is 2.95 bits per heavy atom. The van der Waals surface area contributed by atoms with E-state index in [1.807, 2.05) is 16.5 Å². The lowest BCUT2D eigenvalue weighted by Gasteiger charge is -2.31. The summed E-state index contributed by atoms with van der Waals surface area (Å²) in [6.45, 7) is 7.48. The second-order valence-corrected chi connectivity index (χ2v) is 5.40. The van der Waals surface area contributed by atoms with Crippen molar-refractivity contribution in [3.8, 4) is 0 Å². The molecule has 0 saturated carbocycles. The molecule has 2 rings (SSSR count). The fourth-order valence-corrected chi connectivity index (χ4v) is 2.32. The highest BCUT2D eigenvalue weighted by Gasteiger charge is 2.26. The van der Waals surface area contributed by atoms with Crippen LogP contribution in [0.5, 0.6) is 0 Å². The van der Waals surface area contributed by atoms with Crippen molar-refractivity contribution >= 4 is 17.6 Å². The molecule has 2 heterocycles. The second kappa shape index (κ2) is 6.71. The summed E-state index contributed by atoms with van der Waals surface area (Å²) in [5.74, 6) is 0.544. The molecule has 0 radical (unpaired) electrons. The van der Waals surface area contributed by atoms with Gasteiger partial charge >= 0.3 is 0 Å². The maximum atomic E-state index is 12.4. The maximum absolute atomic E-state index is 12.4. The molecular formula is C14H23N5O2. The van der Waals surface area contributed by atoms with Crippen molar-refractivity contribution in [1.29, 1.82) is 0 Å². The molecule has 1 aliphatic rings. The molecule has 1 fully saturated rings. The molecule has 2 unspecified atom stereocenters. The van der Waals surface area contributed by atoms with Crippen LogP contribution in [0.4, 0.5) is 5.82 Å². The number of carbonyl (C=O) groups is 2. The number of rotatable bonds is 5. The van der Waals surface area contributed by atoms with Gasteiger partial charge in [-0.2, -0.15) is 5.10 Å². The van der Waals surface area contributed by atoms with Gasteiger partial charge in [-0.15, -0.1) is 0 Å². The second-order valence-electron chi connectivity index (χ2n) is 5.40. The van der Waals surface area contributed by atoms with Gasteiger partial charge in [0.15, 0.2) is 0 Å². The van der Waals surface area contributed by atoms with Gasteiger partial charge < -0.3 is 10.6 Å². The minimum absolute atomic E-state index is 0.0365. The van der Waals surface area contributed by atoms with Crippen LogP contribution in [0.2, 0.25) is 0 Å². The molecule has 2 amide bonds. The van der Waals surface area contributed by atoms with Crippen molar-refractivity contribution in [3.63, 3.8) is 0 Å². The van der Waals surface area contributed by atoms with Crippen molar-refractivity contribution in [2.45, 2.75) is 39.3 Å². The van der Waals surface area contributed by atoms with Crippen LogP contribution in [0.25, 0.3) is 0 Å². The Bertz CT molecular complexity index is 513. The summed E-state index contributed by atoms with van der Waals surface area (Å²) >= 11 is 0. The molecule has 7 nitrogen and oxygen atoms in total. The molecule has 0 spiro atoms. The van der Waals surface area contributed by atoms with Crippen LogP contribution in [0.3, 0.4) is 0 Å². The highest BCUT2D eigenvalue weighted by molar-refractivity contribution is 5.94. The largest absolute Gasteiger partial charge is 0.354 e. The van der Waals surface area contributed by atoms with Gasteiger partial charge in [0.25, 0.3) is 0 Å². The molecule has 2 N–H and O–H groups in total. The number of hydrogen-bond donors (Lipinski definition) is 2. The number of piperazine rings is 1. The third-order valence-corrected chi connectivity index (χ3v) is 3.92. The Balaban J connectivity index is 2.01. The molecule has 2 atom stereocenters. The van der Waals surface area contributed by atoms with Crippen LogP contribution in [0.1, 0.15) is 33.2 Å². The van der Waals surface area contributed by atoms with Gasteiger partial charge in [-0.05, 0) is 20.3 Å². The van der Waals surface area contributed by atoms with Crippen molar-refractivity contribution in [2.75, 3.05) is 25.0 Å². The molecule has 0 bridgehead atoms. The van der Waals surface area contributed by atoms with E-state index in [1.165, 1.54) is 0 Å². The number of nitrogens with zero attached hydrogens (tertiary/aromatic N) is 3. The number of hydrogen-bond acceptors (Lipinski definition) is 4. The third-order valence-electron chi connectivity index (χ3n) is 3.92. The first-order valence-electron chi connectivity index (χ1n) is 7.38. The Morgan fingerprint density at radius 1 is 1.52 bits per heavy atom. The Kier molecular flexibility index (Phi) is 4.95. The molecule has 21 heavy (non-hydrogen) atoms. The normalized spacial score (nSPS) is 18.9. The van der Waals surface area contributed by atoms with Gasteiger partial charge in [0.1, 0.15) is 5.82 Å². The van der Waals surface area contributed by atoms with Gasteiger partial charge in [-0.1, -0.05) is 6.92 Å². The SMILES string of the molecule is CCC(C)n1nccc1NC(=O)C(C)N1CCNC(=O)C1. The van der Waals surface area contributed by atoms with E-state index in [0.29, 0.717) is 18.9 Å². The monoisotopic (exact) mass is 293 g/mol. The summed E-state index contributed by atoms with van der Waals surface area (Å²) in [5, 5.41) is 9.91. The molecule has 1 aromatic heterocycles. The number of anilines is 1. The van der Waals surface area contributed by atoms with Crippen LogP contribution < -0.4 is 10.6 Å². The molecule has 0 aliphatic carbocycles. The zero-order valence-corrected chi connectivity index (χ0v) is 12.8. The van der Waals surface area contributed by atoms with E-state index in [-0.39, 0.29) is 30.4 Å². The van der Waals surface area contributed by atoms with Gasteiger partial charge in [0, 0.05) is 19.2 Å². The van der Waals surface area contributed by atoms with E-state index in [9.17, 15) is 9.59 Å². The zero-order valence-electron chi connectivity index (χ0n) is 12.8. The van der Waals surface area contributed by atoms with Gasteiger partial charge in [-0.25, -0.2) is 4.68 Å². The highest BCUT2D eigenvalue weighted by Crippen LogP contribution is 2.17. The zero-order chi connectivity index (χ0) is 15.4. The van der Waals surface area contributed by atoms with Crippen molar-refractivity contribution < 1.29 is 9.59 Å². The first-order chi connectivity index (χ1) is 10.0. The smallest absolute Gasteiger partial charge is 0.242 e. The first kappa shape index (κ1) is 15.5. The first-order valence-corrected chi connectivity index (χ1v) is 7.38. The van der Waals surface area contributed by atoms with E-state index >= 15 is 0 Å². The van der Waals surface area contributed by atoms with Crippen LogP contribution in [-0.4, -0.2) is 52.2 Å². The minimum Gasteiger partial charge on any atom is -0.354 e. The van der Waals surface area contributed by atoms with Gasteiger partial charge in [-0.3, -0.25) is 14.5 Å². The predicted octanol–water partition coefficient (Wildman–Crippen LogP) is 0.613. The van der Waals surface area contributed by atoms with Crippen LogP contribution >= 0.6 is 0 Å². The number of aromatic nitrogens is 2. The van der Waals surface area contributed by atoms with Crippen molar-refractivity contribution in [3.05, 3.63) is 12.3 Å². The minimum atomic E-state index is -0.351. The summed E-state index contributed by atoms with van der Waals surface area (Å²) < 4.78 is 1.81. The summed E-state index contributed by atoms with van der Waals surface area (Å²) in [6.07, 6.45) is 2.62. The maximum Gasteiger partial charge on any atom is 0.242 e. The lowest BCUT2D eigenvalue weighted by Crippen LogP contribution is -2.53. The van der Waals surface area contributed by atoms with E-state index in [2.05, 4.69) is 29.6 Å². The van der Waals surface area contributed by atoms with Gasteiger partial charge in [0.2, 0.25) is 11.8 Å². The third kappa shape index (κ3) is 3.60. The fourth-order valence-electron chi connectivity index (χ4n) is 2.32. The average molecular weight is 293 g/mol. The molecule has 1 aromatic rings. The Hall–Kier alpha value is -1.89. The van der Waals surface area contributed by atoms with E-state index in [4.69, 9.17) is 0 Å². The quantitative estimate of drug-likeness (QED) is 0.834. The summed E-state index contributed by atoms with van der Waals surface area (Å²) in [4.78, 5) is 25.6. The van der Waals surface area contributed by atoms with Crippen molar-refractivity contribution in [1.82, 2.24) is 20.0 Å². The summed E-state index contributed by atoms with van der Waals surface area (Å²) in [7, 11) is 0. The van der Waals surface area contributed by atoms with Crippen molar-refractivity contribution in [2.24, 2.45) is 0 Å². The van der Waals surface area contributed by atoms with E-state index in [1.54, 1.807) is 12.3 Å². The molecular weight excluding hydrogens is 270 g/mol. The topological polar surface area (TPSA) is 79.3 Å². The van der Waals surface area contributed by atoms with Crippen LogP contribution in [0, 0.1) is 0 Å². The van der Waals surface area contributed by atoms with Crippen LogP contribution in [0.15, 0.2) is 12.3 Å². The molecule has 7 heteroatoms. The van der Waals surface area contributed by atoms with Crippen LogP contribution in [-0.2, 0) is 9.59 Å². The number of amides is 2. The highest BCUT2D eigenvalue weighted by atomic mass is 16.2. The lowest BCUT2D eigenvalue weighted by molar-refractivity contribution is -0.127. The predicted molar refractivity (Wildman–Crippen MR) is 79.9 cm³/mol. The summed E-state index contributed by atoms with van der Waals surface area (Å²) in [5.41, 5.74) is 0.